The van der Waals surface area contributed by atoms with E-state index in [1.54, 1.807) is 0 Å². The number of amides is 1. The van der Waals surface area contributed by atoms with Crippen LogP contribution in [0.4, 0.5) is 17.3 Å². The number of nitrogen functional groups attached to an aromatic ring is 2. The molecule has 3 aromatic heterocycles. The monoisotopic (exact) mass is 408 g/mol. The van der Waals surface area contributed by atoms with Crippen molar-refractivity contribution in [1.82, 2.24) is 30.4 Å². The van der Waals surface area contributed by atoms with E-state index in [0.717, 1.165) is 0 Å². The van der Waals surface area contributed by atoms with Crippen LogP contribution in [0.2, 0.25) is 0 Å². The number of aliphatic hydroxyl groups is 2. The van der Waals surface area contributed by atoms with E-state index >= 15 is 0 Å². The molecule has 156 valence electrons. The molecule has 0 aliphatic heterocycles. The molecule has 3 rings (SSSR count). The average molecular weight is 408 g/mol. The van der Waals surface area contributed by atoms with Crippen molar-refractivity contribution in [3.63, 3.8) is 0 Å². The maximum absolute atomic E-state index is 8.58. The molecule has 29 heavy (non-hydrogen) atoms. The third kappa shape index (κ3) is 6.50. The number of hydrogen-bond donors (Lipinski definition) is 7. The molecule has 1 amide bonds. The highest BCUT2D eigenvalue weighted by Gasteiger charge is 2.12. The van der Waals surface area contributed by atoms with E-state index in [2.05, 4.69) is 40.9 Å². The van der Waals surface area contributed by atoms with Crippen molar-refractivity contribution < 1.29 is 24.5 Å². The Kier molecular flexibility index (Phi) is 9.68. The molecule has 0 aromatic carbocycles. The first-order chi connectivity index (χ1) is 14.0. The van der Waals surface area contributed by atoms with Crippen LogP contribution in [0, 0.1) is 6.57 Å². The second kappa shape index (κ2) is 12.3. The van der Waals surface area contributed by atoms with Crippen LogP contribution in [-0.2, 0) is 4.79 Å². The number of aromatic amines is 2. The number of rotatable bonds is 6. The minimum Gasteiger partial charge on any atom is -0.483 e. The molecular weight excluding hydrogens is 388 g/mol. The van der Waals surface area contributed by atoms with Crippen molar-refractivity contribution in [2.75, 3.05) is 37.9 Å². The number of hydrogen-bond acceptors (Lipinski definition) is 11. The van der Waals surface area contributed by atoms with E-state index in [0.29, 0.717) is 22.7 Å². The minimum atomic E-state index is -0.121. The van der Waals surface area contributed by atoms with Crippen LogP contribution in [0.5, 0.6) is 11.8 Å². The smallest absolute Gasteiger partial charge is 0.288 e. The van der Waals surface area contributed by atoms with Gasteiger partial charge in [0.25, 0.3) is 5.69 Å². The SMILES string of the molecule is NC=O.Nc1ncnc2[nH]nc(OCCO)c12.[C-]#[N+]c1c(OCCO)n[nH]c1N. The van der Waals surface area contributed by atoms with Gasteiger partial charge in [-0.2, -0.15) is 0 Å². The van der Waals surface area contributed by atoms with Gasteiger partial charge >= 0.3 is 0 Å². The van der Waals surface area contributed by atoms with Crippen LogP contribution in [0.25, 0.3) is 15.9 Å². The van der Waals surface area contributed by atoms with Crippen molar-refractivity contribution in [1.29, 1.82) is 0 Å². The van der Waals surface area contributed by atoms with Gasteiger partial charge in [-0.15, -0.1) is 10.2 Å². The molecular formula is C14H20N10O5. The summed E-state index contributed by atoms with van der Waals surface area (Å²) in [4.78, 5) is 19.4. The molecule has 0 aliphatic rings. The lowest BCUT2D eigenvalue weighted by atomic mass is 10.4. The molecule has 0 aliphatic carbocycles. The van der Waals surface area contributed by atoms with Crippen LogP contribution in [-0.4, -0.2) is 73.4 Å². The fourth-order valence-corrected chi connectivity index (χ4v) is 1.78. The zero-order valence-electron chi connectivity index (χ0n) is 15.1. The first kappa shape index (κ1) is 22.9. The van der Waals surface area contributed by atoms with Gasteiger partial charge in [-0.1, -0.05) is 0 Å². The first-order valence-electron chi connectivity index (χ1n) is 7.82. The zero-order chi connectivity index (χ0) is 21.6. The molecule has 0 saturated heterocycles. The Labute approximate surface area is 163 Å². The van der Waals surface area contributed by atoms with Gasteiger partial charge in [-0.25, -0.2) is 14.8 Å². The molecule has 15 heteroatoms. The Morgan fingerprint density at radius 3 is 2.28 bits per heavy atom. The Morgan fingerprint density at radius 2 is 1.69 bits per heavy atom. The lowest BCUT2D eigenvalue weighted by molar-refractivity contribution is -0.106. The van der Waals surface area contributed by atoms with Gasteiger partial charge in [0.05, 0.1) is 19.8 Å². The summed E-state index contributed by atoms with van der Waals surface area (Å²) in [6, 6.07) is 0. The predicted octanol–water partition coefficient (Wildman–Crippen LogP) is -1.68. The minimum absolute atomic E-state index is 0.0814. The molecule has 10 N–H and O–H groups in total. The number of carbonyl (C=O) groups is 1. The molecule has 0 spiro atoms. The number of anilines is 2. The van der Waals surface area contributed by atoms with E-state index in [-0.39, 0.29) is 50.2 Å². The largest absolute Gasteiger partial charge is 0.483 e. The van der Waals surface area contributed by atoms with Crippen molar-refractivity contribution >= 4 is 34.8 Å². The van der Waals surface area contributed by atoms with Gasteiger partial charge < -0.3 is 36.9 Å². The second-order valence-corrected chi connectivity index (χ2v) is 4.69. The van der Waals surface area contributed by atoms with Gasteiger partial charge in [0, 0.05) is 0 Å². The molecule has 0 radical (unpaired) electrons. The summed E-state index contributed by atoms with van der Waals surface area (Å²) in [5.74, 6) is 0.929. The maximum atomic E-state index is 8.58. The third-order valence-corrected chi connectivity index (χ3v) is 2.86. The Balaban J connectivity index is 0.000000259. The van der Waals surface area contributed by atoms with Crippen LogP contribution < -0.4 is 26.7 Å². The highest BCUT2D eigenvalue weighted by atomic mass is 16.5. The van der Waals surface area contributed by atoms with Crippen LogP contribution >= 0.6 is 0 Å². The van der Waals surface area contributed by atoms with Crippen molar-refractivity contribution in [2.24, 2.45) is 5.73 Å². The van der Waals surface area contributed by atoms with Gasteiger partial charge in [-0.05, 0) is 0 Å². The van der Waals surface area contributed by atoms with Crippen molar-refractivity contribution in [3.05, 3.63) is 17.7 Å². The number of carbonyl (C=O) groups excluding carboxylic acids is 1. The number of nitrogens with zero attached hydrogens (tertiary/aromatic N) is 5. The van der Waals surface area contributed by atoms with Gasteiger partial charge in [-0.3, -0.25) is 15.0 Å². The van der Waals surface area contributed by atoms with Gasteiger partial charge in [0.1, 0.15) is 36.6 Å². The summed E-state index contributed by atoms with van der Waals surface area (Å²) in [7, 11) is 0. The molecule has 0 fully saturated rings. The molecule has 0 saturated carbocycles. The van der Waals surface area contributed by atoms with Crippen molar-refractivity contribution in [2.45, 2.75) is 0 Å². The van der Waals surface area contributed by atoms with E-state index in [4.69, 9.17) is 42.5 Å². The Hall–Kier alpha value is -4.16. The standard InChI is InChI=1S/C7H9N5O2.C6H8N4O2.CH3NO/c8-5-4-6(10-3-9-5)11-12-7(4)14-2-1-13;1-8-4-5(7)9-10-6(4)12-3-2-11;2-1-3/h3,13H,1-2H2,(H3,8,9,10,11,12);11H,2-3H2,(H3,7,9,10);1H,(H2,2,3). The third-order valence-electron chi connectivity index (χ3n) is 2.86. The Bertz CT molecular complexity index is 935. The molecule has 0 atom stereocenters. The lowest BCUT2D eigenvalue weighted by Gasteiger charge is -2.00. The molecule has 3 aromatic rings. The molecule has 0 bridgehead atoms. The van der Waals surface area contributed by atoms with E-state index in [9.17, 15) is 0 Å². The molecule has 15 nitrogen and oxygen atoms in total. The number of nitrogens with one attached hydrogen (secondary N) is 2. The van der Waals surface area contributed by atoms with Gasteiger partial charge in [0.2, 0.25) is 18.2 Å². The number of primary amides is 1. The van der Waals surface area contributed by atoms with E-state index in [1.807, 2.05) is 0 Å². The number of H-pyrrole nitrogens is 2. The fraction of sp³-hybridized carbons (Fsp3) is 0.286. The lowest BCUT2D eigenvalue weighted by Crippen LogP contribution is -2.02. The maximum Gasteiger partial charge on any atom is 0.288 e. The summed E-state index contributed by atoms with van der Waals surface area (Å²) in [5.41, 5.74) is 15.8. The van der Waals surface area contributed by atoms with E-state index < -0.39 is 0 Å². The zero-order valence-corrected chi connectivity index (χ0v) is 15.1. The van der Waals surface area contributed by atoms with E-state index in [1.165, 1.54) is 6.33 Å². The average Bonchev–Trinajstić information content (AvgIpc) is 3.29. The van der Waals surface area contributed by atoms with Crippen molar-refractivity contribution in [3.8, 4) is 11.8 Å². The first-order valence-corrected chi connectivity index (χ1v) is 7.82. The summed E-state index contributed by atoms with van der Waals surface area (Å²) < 4.78 is 10.0. The topological polar surface area (TPSA) is 242 Å². The predicted molar refractivity (Wildman–Crippen MR) is 101 cm³/mol. The number of ether oxygens (including phenoxy) is 2. The highest BCUT2D eigenvalue weighted by Crippen LogP contribution is 2.30. The molecule has 0 unspecified atom stereocenters. The number of nitrogens with two attached hydrogens (primary N) is 3. The quantitative estimate of drug-likeness (QED) is 0.179. The number of fused-ring (bicyclic) bond motifs is 1. The summed E-state index contributed by atoms with van der Waals surface area (Å²) >= 11 is 0. The molecule has 3 heterocycles. The summed E-state index contributed by atoms with van der Waals surface area (Å²) in [6.45, 7) is 6.78. The second-order valence-electron chi connectivity index (χ2n) is 4.69. The van der Waals surface area contributed by atoms with Crippen LogP contribution in [0.15, 0.2) is 6.33 Å². The Morgan fingerprint density at radius 1 is 1.10 bits per heavy atom. The highest BCUT2D eigenvalue weighted by molar-refractivity contribution is 5.89. The van der Waals surface area contributed by atoms with Gasteiger partial charge in [0.15, 0.2) is 5.65 Å². The van der Waals surface area contributed by atoms with Crippen LogP contribution in [0.1, 0.15) is 0 Å². The summed E-state index contributed by atoms with van der Waals surface area (Å²) in [5, 5.41) is 30.1. The normalized spacial score (nSPS) is 9.41. The number of aliphatic hydroxyl groups excluding tert-OH is 2. The number of aromatic nitrogens is 6. The fourth-order valence-electron chi connectivity index (χ4n) is 1.78. The van der Waals surface area contributed by atoms with Crippen LogP contribution in [0.3, 0.4) is 0 Å². The summed E-state index contributed by atoms with van der Waals surface area (Å²) in [6.07, 6.45) is 1.59.